The zero-order valence-corrected chi connectivity index (χ0v) is 9.45. The molecule has 72 valence electrons. The molecule has 3 heterocycles. The molecule has 0 aromatic carbocycles. The highest BCUT2D eigenvalue weighted by Gasteiger charge is 2.23. The van der Waals surface area contributed by atoms with E-state index in [4.69, 9.17) is 0 Å². The van der Waals surface area contributed by atoms with Gasteiger partial charge in [-0.05, 0) is 28.4 Å². The van der Waals surface area contributed by atoms with Gasteiger partial charge in [-0.1, -0.05) is 6.92 Å². The minimum Gasteiger partial charge on any atom is -0.312 e. The fourth-order valence-electron chi connectivity index (χ4n) is 2.05. The zero-order valence-electron chi connectivity index (χ0n) is 7.87. The lowest BCUT2D eigenvalue weighted by Crippen LogP contribution is -1.93. The van der Waals surface area contributed by atoms with E-state index >= 15 is 0 Å². The molecule has 1 atom stereocenters. The number of fused-ring (bicyclic) bond motifs is 3. The molecule has 1 aliphatic heterocycles. The van der Waals surface area contributed by atoms with Crippen molar-refractivity contribution in [2.45, 2.75) is 25.8 Å². The fraction of sp³-hybridized carbons (Fsp3) is 0.400. The molecule has 0 saturated heterocycles. The maximum Gasteiger partial charge on any atom is 0.160 e. The van der Waals surface area contributed by atoms with E-state index in [0.29, 0.717) is 5.92 Å². The van der Waals surface area contributed by atoms with Crippen molar-refractivity contribution in [2.24, 2.45) is 0 Å². The summed E-state index contributed by atoms with van der Waals surface area (Å²) in [5.41, 5.74) is 2.02. The van der Waals surface area contributed by atoms with Crippen molar-refractivity contribution in [3.8, 4) is 0 Å². The summed E-state index contributed by atoms with van der Waals surface area (Å²) in [5, 5.41) is 0. The Hall–Kier alpha value is -0.900. The lowest BCUT2D eigenvalue weighted by Gasteiger charge is -1.96. The molecule has 0 bridgehead atoms. The molecule has 14 heavy (non-hydrogen) atoms. The molecule has 0 radical (unpaired) electrons. The normalized spacial score (nSPS) is 20.3. The number of hydrogen-bond acceptors (Lipinski definition) is 2. The van der Waals surface area contributed by atoms with Crippen LogP contribution < -0.4 is 0 Å². The van der Waals surface area contributed by atoms with Crippen LogP contribution >= 0.6 is 15.9 Å². The number of aromatic nitrogens is 3. The Bertz CT molecular complexity index is 503. The number of halogens is 1. The lowest BCUT2D eigenvalue weighted by molar-refractivity contribution is 0.707. The SMILES string of the molecule is CC1CCn2c1nc1cc(Br)cnc12. The minimum atomic E-state index is 0.572. The average Bonchev–Trinajstić information content (AvgIpc) is 2.66. The van der Waals surface area contributed by atoms with Gasteiger partial charge in [0.05, 0.1) is 0 Å². The van der Waals surface area contributed by atoms with Crippen molar-refractivity contribution in [1.82, 2.24) is 14.5 Å². The van der Waals surface area contributed by atoms with Crippen LogP contribution in [0.1, 0.15) is 25.1 Å². The molecule has 1 unspecified atom stereocenters. The van der Waals surface area contributed by atoms with Gasteiger partial charge in [0.2, 0.25) is 0 Å². The van der Waals surface area contributed by atoms with Crippen LogP contribution in [0, 0.1) is 0 Å². The van der Waals surface area contributed by atoms with Gasteiger partial charge in [0, 0.05) is 23.1 Å². The number of aryl methyl sites for hydroxylation is 1. The Labute approximate surface area is 90.3 Å². The second-order valence-electron chi connectivity index (χ2n) is 3.81. The first-order valence-corrected chi connectivity index (χ1v) is 5.56. The van der Waals surface area contributed by atoms with Crippen LogP contribution in [0.2, 0.25) is 0 Å². The summed E-state index contributed by atoms with van der Waals surface area (Å²) in [7, 11) is 0. The topological polar surface area (TPSA) is 30.7 Å². The molecular weight excluding hydrogens is 242 g/mol. The molecule has 0 saturated carbocycles. The van der Waals surface area contributed by atoms with Crippen molar-refractivity contribution in [3.05, 3.63) is 22.6 Å². The van der Waals surface area contributed by atoms with Crippen molar-refractivity contribution >= 4 is 27.1 Å². The van der Waals surface area contributed by atoms with Gasteiger partial charge in [0.15, 0.2) is 5.65 Å². The average molecular weight is 252 g/mol. The van der Waals surface area contributed by atoms with E-state index < -0.39 is 0 Å². The van der Waals surface area contributed by atoms with Gasteiger partial charge < -0.3 is 4.57 Å². The Balaban J connectivity index is 2.34. The van der Waals surface area contributed by atoms with E-state index in [1.54, 1.807) is 0 Å². The highest BCUT2D eigenvalue weighted by molar-refractivity contribution is 9.10. The number of imidazole rings is 1. The quantitative estimate of drug-likeness (QED) is 0.721. The first kappa shape index (κ1) is 8.41. The first-order chi connectivity index (χ1) is 6.75. The maximum atomic E-state index is 4.61. The Kier molecular flexibility index (Phi) is 1.68. The second-order valence-corrected chi connectivity index (χ2v) is 4.72. The standard InChI is InChI=1S/C10H10BrN3/c1-6-2-3-14-9(6)13-8-4-7(11)5-12-10(8)14/h4-6H,2-3H2,1H3. The molecule has 0 amide bonds. The number of nitrogens with zero attached hydrogens (tertiary/aromatic N) is 3. The van der Waals surface area contributed by atoms with Crippen molar-refractivity contribution in [2.75, 3.05) is 0 Å². The summed E-state index contributed by atoms with van der Waals surface area (Å²) in [6.45, 7) is 3.28. The smallest absolute Gasteiger partial charge is 0.160 e. The van der Waals surface area contributed by atoms with Crippen LogP contribution in [0.15, 0.2) is 16.7 Å². The summed E-state index contributed by atoms with van der Waals surface area (Å²) < 4.78 is 3.22. The highest BCUT2D eigenvalue weighted by atomic mass is 79.9. The van der Waals surface area contributed by atoms with E-state index in [1.807, 2.05) is 12.3 Å². The van der Waals surface area contributed by atoms with E-state index in [0.717, 1.165) is 22.2 Å². The molecule has 2 aromatic rings. The van der Waals surface area contributed by atoms with Crippen molar-refractivity contribution in [3.63, 3.8) is 0 Å². The third kappa shape index (κ3) is 1.03. The molecular formula is C10H10BrN3. The highest BCUT2D eigenvalue weighted by Crippen LogP contribution is 2.30. The molecule has 3 rings (SSSR count). The van der Waals surface area contributed by atoms with Crippen LogP contribution in [0.25, 0.3) is 11.2 Å². The van der Waals surface area contributed by atoms with E-state index in [2.05, 4.69) is 37.4 Å². The summed E-state index contributed by atoms with van der Waals surface area (Å²) >= 11 is 3.41. The molecule has 0 N–H and O–H groups in total. The number of pyridine rings is 1. The summed E-state index contributed by atoms with van der Waals surface area (Å²) in [4.78, 5) is 9.01. The molecule has 4 heteroatoms. The largest absolute Gasteiger partial charge is 0.312 e. The van der Waals surface area contributed by atoms with Crippen LogP contribution in [-0.2, 0) is 6.54 Å². The van der Waals surface area contributed by atoms with Gasteiger partial charge in [-0.2, -0.15) is 0 Å². The molecule has 1 aliphatic rings. The van der Waals surface area contributed by atoms with Crippen molar-refractivity contribution < 1.29 is 0 Å². The van der Waals surface area contributed by atoms with Gasteiger partial charge >= 0.3 is 0 Å². The Morgan fingerprint density at radius 1 is 1.57 bits per heavy atom. The second kappa shape index (κ2) is 2.79. The maximum absolute atomic E-state index is 4.61. The van der Waals surface area contributed by atoms with Gasteiger partial charge in [0.1, 0.15) is 11.3 Å². The number of rotatable bonds is 0. The van der Waals surface area contributed by atoms with Gasteiger partial charge in [-0.3, -0.25) is 0 Å². The van der Waals surface area contributed by atoms with Crippen LogP contribution in [0.3, 0.4) is 0 Å². The first-order valence-electron chi connectivity index (χ1n) is 4.77. The van der Waals surface area contributed by atoms with Crippen molar-refractivity contribution in [1.29, 1.82) is 0 Å². The third-order valence-corrected chi connectivity index (χ3v) is 3.24. The summed E-state index contributed by atoms with van der Waals surface area (Å²) in [5.74, 6) is 1.76. The lowest BCUT2D eigenvalue weighted by atomic mass is 10.1. The van der Waals surface area contributed by atoms with E-state index in [9.17, 15) is 0 Å². The van der Waals surface area contributed by atoms with Gasteiger partial charge in [-0.25, -0.2) is 9.97 Å². The third-order valence-electron chi connectivity index (χ3n) is 2.81. The molecule has 0 aliphatic carbocycles. The van der Waals surface area contributed by atoms with Gasteiger partial charge in [0.25, 0.3) is 0 Å². The van der Waals surface area contributed by atoms with Crippen LogP contribution in [-0.4, -0.2) is 14.5 Å². The summed E-state index contributed by atoms with van der Waals surface area (Å²) in [6, 6.07) is 2.03. The fourth-order valence-corrected chi connectivity index (χ4v) is 2.37. The van der Waals surface area contributed by atoms with Crippen LogP contribution in [0.5, 0.6) is 0 Å². The predicted octanol–water partition coefficient (Wildman–Crippen LogP) is 2.70. The zero-order chi connectivity index (χ0) is 9.71. The Morgan fingerprint density at radius 2 is 2.43 bits per heavy atom. The summed E-state index contributed by atoms with van der Waals surface area (Å²) in [6.07, 6.45) is 3.02. The molecule has 0 spiro atoms. The molecule has 2 aromatic heterocycles. The Morgan fingerprint density at radius 3 is 3.29 bits per heavy atom. The predicted molar refractivity (Wildman–Crippen MR) is 58.3 cm³/mol. The van der Waals surface area contributed by atoms with Crippen LogP contribution in [0.4, 0.5) is 0 Å². The molecule has 3 nitrogen and oxygen atoms in total. The van der Waals surface area contributed by atoms with Gasteiger partial charge in [-0.15, -0.1) is 0 Å². The molecule has 0 fully saturated rings. The number of hydrogen-bond donors (Lipinski definition) is 0. The van der Waals surface area contributed by atoms with E-state index in [-0.39, 0.29) is 0 Å². The monoisotopic (exact) mass is 251 g/mol. The minimum absolute atomic E-state index is 0.572. The van der Waals surface area contributed by atoms with E-state index in [1.165, 1.54) is 12.2 Å².